The molecule has 0 aliphatic carbocycles. The highest BCUT2D eigenvalue weighted by atomic mass is 16.5. The van der Waals surface area contributed by atoms with E-state index in [0.717, 1.165) is 23.2 Å². The Hall–Kier alpha value is -3.00. The van der Waals surface area contributed by atoms with Crippen LogP contribution in [0.4, 0.5) is 5.95 Å². The molecule has 0 aromatic carbocycles. The van der Waals surface area contributed by atoms with Gasteiger partial charge in [0.05, 0.1) is 31.1 Å². The van der Waals surface area contributed by atoms with Crippen molar-refractivity contribution in [3.05, 3.63) is 53.5 Å². The molecule has 26 heavy (non-hydrogen) atoms. The summed E-state index contributed by atoms with van der Waals surface area (Å²) in [5.41, 5.74) is 2.63. The number of rotatable bonds is 6. The van der Waals surface area contributed by atoms with Crippen molar-refractivity contribution in [3.63, 3.8) is 0 Å². The molecule has 4 rings (SSSR count). The Kier molecular flexibility index (Phi) is 4.49. The number of hydrogen-bond acceptors (Lipinski definition) is 6. The summed E-state index contributed by atoms with van der Waals surface area (Å²) in [6.07, 6.45) is 9.94. The van der Waals surface area contributed by atoms with E-state index in [-0.39, 0.29) is 5.56 Å². The molecule has 0 atom stereocenters. The highest BCUT2D eigenvalue weighted by Gasteiger charge is 2.18. The number of nitrogens with zero attached hydrogens (tertiary/aromatic N) is 5. The van der Waals surface area contributed by atoms with E-state index in [4.69, 9.17) is 4.74 Å². The van der Waals surface area contributed by atoms with Gasteiger partial charge in [0.25, 0.3) is 5.56 Å². The van der Waals surface area contributed by atoms with Crippen LogP contribution in [0, 0.1) is 0 Å². The summed E-state index contributed by atoms with van der Waals surface area (Å²) in [7, 11) is 0. The van der Waals surface area contributed by atoms with Gasteiger partial charge in [0.2, 0.25) is 5.95 Å². The summed E-state index contributed by atoms with van der Waals surface area (Å²) < 4.78 is 8.57. The molecule has 134 valence electrons. The van der Waals surface area contributed by atoms with Gasteiger partial charge in [0.1, 0.15) is 0 Å². The molecule has 0 spiro atoms. The van der Waals surface area contributed by atoms with Crippen LogP contribution < -0.4 is 10.9 Å². The molecule has 1 N–H and O–H groups in total. The Morgan fingerprint density at radius 2 is 1.96 bits per heavy atom. The Balaban J connectivity index is 1.54. The largest absolute Gasteiger partial charge is 0.377 e. The third kappa shape index (κ3) is 3.36. The zero-order chi connectivity index (χ0) is 17.9. The molecule has 1 saturated heterocycles. The van der Waals surface area contributed by atoms with Crippen LogP contribution in [0.5, 0.6) is 0 Å². The van der Waals surface area contributed by atoms with Gasteiger partial charge in [0.15, 0.2) is 0 Å². The first-order chi connectivity index (χ1) is 12.7. The lowest BCUT2D eigenvalue weighted by Crippen LogP contribution is -2.40. The van der Waals surface area contributed by atoms with Crippen molar-refractivity contribution in [1.82, 2.24) is 24.3 Å². The van der Waals surface area contributed by atoms with Crippen molar-refractivity contribution in [2.75, 3.05) is 18.5 Å². The molecule has 3 aromatic heterocycles. The quantitative estimate of drug-likeness (QED) is 0.727. The lowest BCUT2D eigenvalue weighted by molar-refractivity contribution is 0.0208. The van der Waals surface area contributed by atoms with Gasteiger partial charge in [-0.2, -0.15) is 5.10 Å². The van der Waals surface area contributed by atoms with Gasteiger partial charge in [-0.25, -0.2) is 14.6 Å². The topological polar surface area (TPSA) is 86.9 Å². The molecule has 0 saturated carbocycles. The number of nitrogens with one attached hydrogen (secondary N) is 1. The van der Waals surface area contributed by atoms with E-state index in [9.17, 15) is 4.79 Å². The lowest BCUT2D eigenvalue weighted by Gasteiger charge is -2.26. The molecule has 8 heteroatoms. The Morgan fingerprint density at radius 1 is 1.15 bits per heavy atom. The van der Waals surface area contributed by atoms with Gasteiger partial charge < -0.3 is 14.6 Å². The van der Waals surface area contributed by atoms with Crippen LogP contribution in [0.25, 0.3) is 16.8 Å². The van der Waals surface area contributed by atoms with Crippen molar-refractivity contribution < 1.29 is 4.74 Å². The summed E-state index contributed by atoms with van der Waals surface area (Å²) in [6.45, 7) is 4.12. The minimum absolute atomic E-state index is 0.00340. The van der Waals surface area contributed by atoms with Crippen molar-refractivity contribution in [2.24, 2.45) is 0 Å². The van der Waals surface area contributed by atoms with E-state index in [1.807, 2.05) is 19.3 Å². The molecule has 0 amide bonds. The first-order valence-electron chi connectivity index (χ1n) is 8.65. The second kappa shape index (κ2) is 7.09. The standard InChI is InChI=1S/C18H20N6O2/c1-2-5-23-10-16(3-4-17(23)25)24-9-14(8-21-24)13-6-19-18(20-7-13)22-15-11-26-12-15/h3-4,6-10,15H,2,5,11-12H2,1H3,(H,19,20,22). The van der Waals surface area contributed by atoms with Crippen molar-refractivity contribution in [3.8, 4) is 16.8 Å². The Bertz CT molecular complexity index is 943. The molecule has 0 bridgehead atoms. The van der Waals surface area contributed by atoms with Crippen LogP contribution in [0.1, 0.15) is 13.3 Å². The first-order valence-corrected chi connectivity index (χ1v) is 8.65. The third-order valence-electron chi connectivity index (χ3n) is 4.24. The Labute approximate surface area is 150 Å². The number of ether oxygens (including phenoxy) is 1. The van der Waals surface area contributed by atoms with E-state index in [1.165, 1.54) is 0 Å². The van der Waals surface area contributed by atoms with Crippen LogP contribution >= 0.6 is 0 Å². The second-order valence-electron chi connectivity index (χ2n) is 6.27. The van der Waals surface area contributed by atoms with E-state index in [2.05, 4.69) is 20.4 Å². The fraction of sp³-hybridized carbons (Fsp3) is 0.333. The van der Waals surface area contributed by atoms with Crippen LogP contribution in [-0.4, -0.2) is 43.6 Å². The van der Waals surface area contributed by atoms with Gasteiger partial charge in [-0.15, -0.1) is 0 Å². The van der Waals surface area contributed by atoms with Crippen molar-refractivity contribution in [2.45, 2.75) is 25.9 Å². The average Bonchev–Trinajstić information content (AvgIpc) is 3.11. The lowest BCUT2D eigenvalue weighted by atomic mass is 10.2. The molecule has 0 unspecified atom stereocenters. The maximum Gasteiger partial charge on any atom is 0.250 e. The highest BCUT2D eigenvalue weighted by Crippen LogP contribution is 2.19. The predicted molar refractivity (Wildman–Crippen MR) is 97.4 cm³/mol. The molecule has 0 radical (unpaired) electrons. The maximum atomic E-state index is 11.9. The van der Waals surface area contributed by atoms with Crippen LogP contribution in [-0.2, 0) is 11.3 Å². The summed E-state index contributed by atoms with van der Waals surface area (Å²) in [6, 6.07) is 3.64. The number of hydrogen-bond donors (Lipinski definition) is 1. The van der Waals surface area contributed by atoms with Crippen LogP contribution in [0.3, 0.4) is 0 Å². The summed E-state index contributed by atoms with van der Waals surface area (Å²) in [5, 5.41) is 7.61. The second-order valence-corrected chi connectivity index (χ2v) is 6.27. The third-order valence-corrected chi connectivity index (χ3v) is 4.24. The molecule has 1 aliphatic rings. The molecular weight excluding hydrogens is 332 g/mol. The molecular formula is C18H20N6O2. The van der Waals surface area contributed by atoms with E-state index in [0.29, 0.717) is 31.7 Å². The first kappa shape index (κ1) is 16.5. The smallest absolute Gasteiger partial charge is 0.250 e. The summed E-state index contributed by atoms with van der Waals surface area (Å²) in [5.74, 6) is 0.598. The van der Waals surface area contributed by atoms with Crippen LogP contribution in [0.15, 0.2) is 47.9 Å². The van der Waals surface area contributed by atoms with E-state index >= 15 is 0 Å². The Morgan fingerprint density at radius 3 is 2.65 bits per heavy atom. The summed E-state index contributed by atoms with van der Waals surface area (Å²) in [4.78, 5) is 20.6. The zero-order valence-corrected chi connectivity index (χ0v) is 14.5. The fourth-order valence-corrected chi connectivity index (χ4v) is 2.74. The number of pyridine rings is 1. The monoisotopic (exact) mass is 352 g/mol. The van der Waals surface area contributed by atoms with Gasteiger partial charge in [-0.1, -0.05) is 6.92 Å². The van der Waals surface area contributed by atoms with Gasteiger partial charge in [0, 0.05) is 48.5 Å². The van der Waals surface area contributed by atoms with Crippen LogP contribution in [0.2, 0.25) is 0 Å². The SMILES string of the molecule is CCCn1cc(-n2cc(-c3cnc(NC4COC4)nc3)cn2)ccc1=O. The van der Waals surface area contributed by atoms with E-state index in [1.54, 1.807) is 40.0 Å². The number of anilines is 1. The predicted octanol–water partition coefficient (Wildman–Crippen LogP) is 1.71. The molecule has 8 nitrogen and oxygen atoms in total. The molecule has 3 aromatic rings. The number of aromatic nitrogens is 5. The van der Waals surface area contributed by atoms with Gasteiger partial charge in [-0.05, 0) is 12.5 Å². The van der Waals surface area contributed by atoms with E-state index < -0.39 is 0 Å². The van der Waals surface area contributed by atoms with Crippen molar-refractivity contribution in [1.29, 1.82) is 0 Å². The van der Waals surface area contributed by atoms with Gasteiger partial charge >= 0.3 is 0 Å². The fourth-order valence-electron chi connectivity index (χ4n) is 2.74. The highest BCUT2D eigenvalue weighted by molar-refractivity contribution is 5.60. The number of aryl methyl sites for hydroxylation is 1. The average molecular weight is 352 g/mol. The molecule has 4 heterocycles. The maximum absolute atomic E-state index is 11.9. The molecule has 1 fully saturated rings. The van der Waals surface area contributed by atoms with Crippen molar-refractivity contribution >= 4 is 5.95 Å². The van der Waals surface area contributed by atoms with Gasteiger partial charge in [-0.3, -0.25) is 4.79 Å². The summed E-state index contributed by atoms with van der Waals surface area (Å²) >= 11 is 0. The minimum atomic E-state index is -0.00340. The normalized spacial score (nSPS) is 14.2. The minimum Gasteiger partial charge on any atom is -0.377 e. The zero-order valence-electron chi connectivity index (χ0n) is 14.5. The molecule has 1 aliphatic heterocycles.